The van der Waals surface area contributed by atoms with Crippen molar-refractivity contribution in [3.05, 3.63) is 48.0 Å². The van der Waals surface area contributed by atoms with Gasteiger partial charge in [-0.1, -0.05) is 48.9 Å². The van der Waals surface area contributed by atoms with E-state index in [1.165, 1.54) is 38.8 Å². The van der Waals surface area contributed by atoms with Crippen LogP contribution in [0.2, 0.25) is 0 Å². The molecular weight excluding hydrogens is 318 g/mol. The molecule has 1 saturated heterocycles. The Balaban J connectivity index is 0.00000169. The lowest BCUT2D eigenvalue weighted by Gasteiger charge is -2.40. The summed E-state index contributed by atoms with van der Waals surface area (Å²) >= 11 is 0. The molecule has 2 aliphatic carbocycles. The third kappa shape index (κ3) is 3.42. The number of hydrogen-bond acceptors (Lipinski definition) is 2. The first-order chi connectivity index (χ1) is 11.3. The number of nitrogens with zero attached hydrogens (tertiary/aromatic N) is 1. The monoisotopic (exact) mass is 347 g/mol. The van der Waals surface area contributed by atoms with Crippen LogP contribution in [0.15, 0.2) is 42.5 Å². The minimum Gasteiger partial charge on any atom is -0.385 e. The predicted molar refractivity (Wildman–Crippen MR) is 101 cm³/mol. The molecule has 1 unspecified atom stereocenters. The Hall–Kier alpha value is -0.830. The normalized spacial score (nSPS) is 31.6. The number of benzene rings is 1. The highest BCUT2D eigenvalue weighted by atomic mass is 35.5. The number of allylic oxidation sites excluding steroid dienone is 2. The van der Waals surface area contributed by atoms with Gasteiger partial charge in [0.05, 0.1) is 5.60 Å². The van der Waals surface area contributed by atoms with Crippen molar-refractivity contribution in [3.8, 4) is 0 Å². The summed E-state index contributed by atoms with van der Waals surface area (Å²) in [5.41, 5.74) is 0.464. The van der Waals surface area contributed by atoms with E-state index in [4.69, 9.17) is 0 Å². The van der Waals surface area contributed by atoms with Gasteiger partial charge in [-0.2, -0.15) is 0 Å². The zero-order valence-corrected chi connectivity index (χ0v) is 15.3. The second-order valence-corrected chi connectivity index (χ2v) is 7.83. The quantitative estimate of drug-likeness (QED) is 0.799. The van der Waals surface area contributed by atoms with Crippen LogP contribution in [0.5, 0.6) is 0 Å². The van der Waals surface area contributed by atoms with Gasteiger partial charge in [-0.15, -0.1) is 12.4 Å². The summed E-state index contributed by atoms with van der Waals surface area (Å²) in [6.45, 7) is 3.45. The van der Waals surface area contributed by atoms with Gasteiger partial charge in [0.2, 0.25) is 0 Å². The standard InChI is InChI=1S/C21H29NO.ClH/c23-21(19-7-3-1-4-8-19,11-14-22-12-5-2-6-13-22)20-16-17-9-10-18(20)15-17;/h1,3-4,7-10,17-18,20,23H,2,5-6,11-16H2;1H/t17-,18+,20+,21?;/m0./s1. The minimum absolute atomic E-state index is 0. The average molecular weight is 348 g/mol. The zero-order chi connectivity index (χ0) is 15.7. The summed E-state index contributed by atoms with van der Waals surface area (Å²) in [5, 5.41) is 11.8. The molecule has 24 heavy (non-hydrogen) atoms. The van der Waals surface area contributed by atoms with Gasteiger partial charge in [-0.3, -0.25) is 0 Å². The van der Waals surface area contributed by atoms with Gasteiger partial charge >= 0.3 is 0 Å². The van der Waals surface area contributed by atoms with Crippen LogP contribution in [0.3, 0.4) is 0 Å². The van der Waals surface area contributed by atoms with E-state index < -0.39 is 5.60 Å². The second kappa shape index (κ2) is 7.59. The minimum atomic E-state index is -0.664. The van der Waals surface area contributed by atoms with E-state index in [0.717, 1.165) is 24.9 Å². The number of hydrogen-bond donors (Lipinski definition) is 1. The van der Waals surface area contributed by atoms with E-state index in [9.17, 15) is 5.11 Å². The molecule has 1 saturated carbocycles. The van der Waals surface area contributed by atoms with Crippen LogP contribution in [0.25, 0.3) is 0 Å². The van der Waals surface area contributed by atoms with Crippen LogP contribution in [0, 0.1) is 17.8 Å². The maximum atomic E-state index is 11.8. The molecule has 4 atom stereocenters. The Kier molecular flexibility index (Phi) is 5.69. The van der Waals surface area contributed by atoms with Crippen LogP contribution in [-0.2, 0) is 5.60 Å². The molecule has 1 N–H and O–H groups in total. The maximum absolute atomic E-state index is 11.8. The number of piperidine rings is 1. The molecule has 1 aromatic rings. The Bertz CT molecular complexity index is 554. The van der Waals surface area contributed by atoms with Crippen LogP contribution >= 0.6 is 12.4 Å². The number of aliphatic hydroxyl groups is 1. The summed E-state index contributed by atoms with van der Waals surface area (Å²) in [5.74, 6) is 1.67. The van der Waals surface area contributed by atoms with Gasteiger partial charge in [-0.25, -0.2) is 0 Å². The summed E-state index contributed by atoms with van der Waals surface area (Å²) in [6, 6.07) is 10.5. The molecule has 1 aliphatic heterocycles. The molecule has 2 nitrogen and oxygen atoms in total. The van der Waals surface area contributed by atoms with Gasteiger partial charge in [0.1, 0.15) is 0 Å². The van der Waals surface area contributed by atoms with Crippen molar-refractivity contribution in [1.82, 2.24) is 4.90 Å². The lowest BCUT2D eigenvalue weighted by Crippen LogP contribution is -2.42. The Labute approximate surface area is 152 Å². The number of likely N-dealkylation sites (tertiary alicyclic amines) is 1. The molecule has 0 spiro atoms. The Morgan fingerprint density at radius 3 is 2.38 bits per heavy atom. The smallest absolute Gasteiger partial charge is 0.0942 e. The summed E-state index contributed by atoms with van der Waals surface area (Å²) in [4.78, 5) is 2.56. The highest BCUT2D eigenvalue weighted by Gasteiger charge is 2.48. The third-order valence-corrected chi connectivity index (χ3v) is 6.42. The molecular formula is C21H30ClNO. The Morgan fingerprint density at radius 2 is 1.75 bits per heavy atom. The Morgan fingerprint density at radius 1 is 1.00 bits per heavy atom. The predicted octanol–water partition coefficient (Wildman–Crippen LogP) is 4.38. The average Bonchev–Trinajstić information content (AvgIpc) is 3.25. The van der Waals surface area contributed by atoms with Crippen molar-refractivity contribution in [2.24, 2.45) is 17.8 Å². The fraction of sp³-hybridized carbons (Fsp3) is 0.619. The largest absolute Gasteiger partial charge is 0.385 e. The van der Waals surface area contributed by atoms with Crippen molar-refractivity contribution in [2.45, 2.75) is 44.1 Å². The highest BCUT2D eigenvalue weighted by Crippen LogP contribution is 2.52. The second-order valence-electron chi connectivity index (χ2n) is 7.83. The SMILES string of the molecule is Cl.OC(CCN1CCCCC1)(c1ccccc1)[C@@H]1C[C@H]2C=C[C@@H]1C2. The van der Waals surface area contributed by atoms with Crippen molar-refractivity contribution < 1.29 is 5.11 Å². The number of fused-ring (bicyclic) bond motifs is 2. The molecule has 0 aromatic heterocycles. The van der Waals surface area contributed by atoms with Gasteiger partial charge in [0.25, 0.3) is 0 Å². The first-order valence-electron chi connectivity index (χ1n) is 9.44. The maximum Gasteiger partial charge on any atom is 0.0942 e. The van der Waals surface area contributed by atoms with Gasteiger partial charge in [0.15, 0.2) is 0 Å². The molecule has 4 rings (SSSR count). The van der Waals surface area contributed by atoms with Crippen molar-refractivity contribution in [2.75, 3.05) is 19.6 Å². The fourth-order valence-electron chi connectivity index (χ4n) is 5.11. The molecule has 3 aliphatic rings. The number of halogens is 1. The molecule has 3 heteroatoms. The van der Waals surface area contributed by atoms with Crippen LogP contribution in [-0.4, -0.2) is 29.6 Å². The van der Waals surface area contributed by atoms with Crippen molar-refractivity contribution in [1.29, 1.82) is 0 Å². The van der Waals surface area contributed by atoms with Crippen LogP contribution in [0.4, 0.5) is 0 Å². The first kappa shape index (κ1) is 18.0. The van der Waals surface area contributed by atoms with Crippen LogP contribution in [0.1, 0.15) is 44.1 Å². The molecule has 132 valence electrons. The van der Waals surface area contributed by atoms with Gasteiger partial charge in [0, 0.05) is 6.54 Å². The van der Waals surface area contributed by atoms with E-state index >= 15 is 0 Å². The molecule has 1 heterocycles. The molecule has 0 amide bonds. The van der Waals surface area contributed by atoms with E-state index in [1.807, 2.05) is 0 Å². The molecule has 1 aromatic carbocycles. The van der Waals surface area contributed by atoms with E-state index in [-0.39, 0.29) is 12.4 Å². The van der Waals surface area contributed by atoms with E-state index in [0.29, 0.717) is 17.8 Å². The van der Waals surface area contributed by atoms with Crippen molar-refractivity contribution >= 4 is 12.4 Å². The fourth-order valence-corrected chi connectivity index (χ4v) is 5.11. The summed E-state index contributed by atoms with van der Waals surface area (Å²) in [6.07, 6.45) is 12.0. The third-order valence-electron chi connectivity index (χ3n) is 6.42. The molecule has 2 fully saturated rings. The lowest BCUT2D eigenvalue weighted by atomic mass is 9.72. The van der Waals surface area contributed by atoms with Crippen LogP contribution < -0.4 is 0 Å². The van der Waals surface area contributed by atoms with Gasteiger partial charge < -0.3 is 10.0 Å². The van der Waals surface area contributed by atoms with E-state index in [1.54, 1.807) is 0 Å². The van der Waals surface area contributed by atoms with E-state index in [2.05, 4.69) is 47.4 Å². The molecule has 2 bridgehead atoms. The van der Waals surface area contributed by atoms with Gasteiger partial charge in [-0.05, 0) is 68.5 Å². The summed E-state index contributed by atoms with van der Waals surface area (Å²) < 4.78 is 0. The van der Waals surface area contributed by atoms with Crippen molar-refractivity contribution in [3.63, 3.8) is 0 Å². The number of rotatable bonds is 5. The molecule has 0 radical (unpaired) electrons. The zero-order valence-electron chi connectivity index (χ0n) is 14.4. The topological polar surface area (TPSA) is 23.5 Å². The highest BCUT2D eigenvalue weighted by molar-refractivity contribution is 5.85. The summed E-state index contributed by atoms with van der Waals surface area (Å²) in [7, 11) is 0. The first-order valence-corrected chi connectivity index (χ1v) is 9.44. The lowest BCUT2D eigenvalue weighted by molar-refractivity contribution is -0.0495.